The van der Waals surface area contributed by atoms with Gasteiger partial charge in [0.2, 0.25) is 5.91 Å². The normalized spacial score (nSPS) is 13.9. The molecule has 0 radical (unpaired) electrons. The van der Waals surface area contributed by atoms with Crippen LogP contribution in [0.25, 0.3) is 11.0 Å². The molecule has 1 aromatic heterocycles. The minimum Gasteiger partial charge on any atom is -0.464 e. The van der Waals surface area contributed by atoms with Crippen LogP contribution in [-0.2, 0) is 17.6 Å². The monoisotopic (exact) mass is 438 g/mol. The van der Waals surface area contributed by atoms with Crippen LogP contribution < -0.4 is 5.32 Å². The predicted molar refractivity (Wildman–Crippen MR) is 124 cm³/mol. The third-order valence-electron chi connectivity index (χ3n) is 5.97. The van der Waals surface area contributed by atoms with Gasteiger partial charge in [-0.3, -0.25) is 19.3 Å². The molecule has 1 aliphatic rings. The number of nitrogens with one attached hydrogen (secondary N) is 1. The highest BCUT2D eigenvalue weighted by Crippen LogP contribution is 2.26. The van der Waals surface area contributed by atoms with Gasteiger partial charge in [0.15, 0.2) is 0 Å². The van der Waals surface area contributed by atoms with Crippen LogP contribution in [0, 0.1) is 0 Å². The average Bonchev–Trinajstić information content (AvgIpc) is 3.37. The summed E-state index contributed by atoms with van der Waals surface area (Å²) in [5.74, 6) is -1.24. The zero-order valence-electron chi connectivity index (χ0n) is 17.9. The highest BCUT2D eigenvalue weighted by atomic mass is 16.3. The first-order chi connectivity index (χ1) is 16.1. The summed E-state index contributed by atoms with van der Waals surface area (Å²) < 4.78 is 5.57. The van der Waals surface area contributed by atoms with Crippen LogP contribution in [0.15, 0.2) is 89.5 Å². The lowest BCUT2D eigenvalue weighted by atomic mass is 10.0. The molecule has 6 nitrogen and oxygen atoms in total. The molecule has 0 saturated heterocycles. The Kier molecular flexibility index (Phi) is 5.48. The van der Waals surface area contributed by atoms with E-state index in [0.717, 1.165) is 27.0 Å². The molecule has 2 heterocycles. The van der Waals surface area contributed by atoms with E-state index in [1.807, 2.05) is 54.6 Å². The molecule has 0 spiro atoms. The first kappa shape index (κ1) is 20.7. The van der Waals surface area contributed by atoms with E-state index in [2.05, 4.69) is 5.32 Å². The van der Waals surface area contributed by atoms with E-state index in [1.54, 1.807) is 30.5 Å². The van der Waals surface area contributed by atoms with Crippen molar-refractivity contribution in [1.29, 1.82) is 0 Å². The molecule has 1 aliphatic heterocycles. The first-order valence-corrected chi connectivity index (χ1v) is 10.9. The van der Waals surface area contributed by atoms with Gasteiger partial charge in [-0.15, -0.1) is 0 Å². The Morgan fingerprint density at radius 3 is 2.21 bits per heavy atom. The molecule has 0 saturated carbocycles. The van der Waals surface area contributed by atoms with Crippen LogP contribution in [-0.4, -0.2) is 35.2 Å². The lowest BCUT2D eigenvalue weighted by Crippen LogP contribution is -2.51. The Labute approximate surface area is 190 Å². The smallest absolute Gasteiger partial charge is 0.262 e. The minimum atomic E-state index is -0.944. The van der Waals surface area contributed by atoms with Crippen LogP contribution in [0.1, 0.15) is 31.8 Å². The van der Waals surface area contributed by atoms with Crippen molar-refractivity contribution in [3.8, 4) is 0 Å². The number of para-hydroxylation sites is 1. The van der Waals surface area contributed by atoms with Crippen LogP contribution in [0.3, 0.4) is 0 Å². The number of hydrogen-bond donors (Lipinski definition) is 1. The number of nitrogens with zero attached hydrogens (tertiary/aromatic N) is 1. The Morgan fingerprint density at radius 2 is 1.48 bits per heavy atom. The average molecular weight is 438 g/mol. The van der Waals surface area contributed by atoms with Gasteiger partial charge >= 0.3 is 0 Å². The van der Waals surface area contributed by atoms with Gasteiger partial charge < -0.3 is 9.73 Å². The summed E-state index contributed by atoms with van der Waals surface area (Å²) in [5.41, 5.74) is 3.32. The summed E-state index contributed by atoms with van der Waals surface area (Å²) in [7, 11) is 0. The molecule has 1 atom stereocenters. The van der Waals surface area contributed by atoms with Gasteiger partial charge in [0.05, 0.1) is 17.4 Å². The van der Waals surface area contributed by atoms with Crippen molar-refractivity contribution in [2.75, 3.05) is 6.54 Å². The van der Waals surface area contributed by atoms with Gasteiger partial charge in [-0.2, -0.15) is 0 Å². The third-order valence-corrected chi connectivity index (χ3v) is 5.97. The summed E-state index contributed by atoms with van der Waals surface area (Å²) in [6.07, 6.45) is 2.51. The maximum Gasteiger partial charge on any atom is 0.262 e. The number of benzene rings is 3. The Morgan fingerprint density at radius 1 is 0.848 bits per heavy atom. The molecule has 3 aromatic carbocycles. The van der Waals surface area contributed by atoms with E-state index in [1.165, 1.54) is 0 Å². The molecule has 164 valence electrons. The first-order valence-electron chi connectivity index (χ1n) is 10.9. The molecule has 1 unspecified atom stereocenters. The standard InChI is InChI=1S/C27H22N2O4/c30-25(28-15-14-19-17-33-24-13-7-6-10-20(19)24)23(16-18-8-2-1-3-9-18)29-26(31)21-11-4-5-12-22(21)27(29)32/h1-13,17,23H,14-16H2,(H,28,30). The Hall–Kier alpha value is -4.19. The molecule has 4 aromatic rings. The van der Waals surface area contributed by atoms with E-state index in [4.69, 9.17) is 4.42 Å². The number of carbonyl (C=O) groups is 3. The van der Waals surface area contributed by atoms with Crippen LogP contribution in [0.4, 0.5) is 0 Å². The summed E-state index contributed by atoms with van der Waals surface area (Å²) in [4.78, 5) is 40.5. The van der Waals surface area contributed by atoms with E-state index < -0.39 is 17.9 Å². The van der Waals surface area contributed by atoms with E-state index in [-0.39, 0.29) is 12.3 Å². The van der Waals surface area contributed by atoms with Gasteiger partial charge in [0, 0.05) is 18.4 Å². The maximum absolute atomic E-state index is 13.3. The molecule has 1 N–H and O–H groups in total. The maximum atomic E-state index is 13.3. The summed E-state index contributed by atoms with van der Waals surface area (Å²) in [6, 6.07) is 22.9. The Balaban J connectivity index is 1.36. The third kappa shape index (κ3) is 3.91. The Bertz CT molecular complexity index is 1310. The summed E-state index contributed by atoms with van der Waals surface area (Å²) in [5, 5.41) is 3.93. The van der Waals surface area contributed by atoms with Crippen LogP contribution in [0.2, 0.25) is 0 Å². The molecular formula is C27H22N2O4. The molecule has 0 aliphatic carbocycles. The van der Waals surface area contributed by atoms with E-state index >= 15 is 0 Å². The van der Waals surface area contributed by atoms with Gasteiger partial charge in [-0.05, 0) is 35.7 Å². The SMILES string of the molecule is O=C(NCCc1coc2ccccc12)C(Cc1ccccc1)N1C(=O)c2ccccc2C1=O. The zero-order valence-corrected chi connectivity index (χ0v) is 17.9. The number of imide groups is 1. The largest absolute Gasteiger partial charge is 0.464 e. The van der Waals surface area contributed by atoms with Crippen molar-refractivity contribution in [1.82, 2.24) is 10.2 Å². The van der Waals surface area contributed by atoms with Gasteiger partial charge in [0.25, 0.3) is 11.8 Å². The highest BCUT2D eigenvalue weighted by molar-refractivity contribution is 6.22. The molecule has 6 heteroatoms. The van der Waals surface area contributed by atoms with Crippen molar-refractivity contribution in [3.63, 3.8) is 0 Å². The second-order valence-electron chi connectivity index (χ2n) is 8.03. The fraction of sp³-hybridized carbons (Fsp3) is 0.148. The molecule has 0 fully saturated rings. The number of amides is 3. The van der Waals surface area contributed by atoms with Gasteiger partial charge in [-0.1, -0.05) is 60.7 Å². The van der Waals surface area contributed by atoms with Gasteiger partial charge in [-0.25, -0.2) is 0 Å². The number of fused-ring (bicyclic) bond motifs is 2. The lowest BCUT2D eigenvalue weighted by molar-refractivity contribution is -0.125. The number of carbonyl (C=O) groups excluding carboxylic acids is 3. The van der Waals surface area contributed by atoms with Crippen molar-refractivity contribution in [2.24, 2.45) is 0 Å². The summed E-state index contributed by atoms with van der Waals surface area (Å²) in [6.45, 7) is 0.358. The number of hydrogen-bond acceptors (Lipinski definition) is 4. The second-order valence-corrected chi connectivity index (χ2v) is 8.03. The van der Waals surface area contributed by atoms with E-state index in [0.29, 0.717) is 24.1 Å². The van der Waals surface area contributed by atoms with Crippen molar-refractivity contribution < 1.29 is 18.8 Å². The van der Waals surface area contributed by atoms with E-state index in [9.17, 15) is 14.4 Å². The van der Waals surface area contributed by atoms with Crippen LogP contribution >= 0.6 is 0 Å². The minimum absolute atomic E-state index is 0.243. The number of furan rings is 1. The van der Waals surface area contributed by atoms with Crippen molar-refractivity contribution in [3.05, 3.63) is 107 Å². The van der Waals surface area contributed by atoms with Crippen LogP contribution in [0.5, 0.6) is 0 Å². The molecule has 5 rings (SSSR count). The van der Waals surface area contributed by atoms with Crippen molar-refractivity contribution >= 4 is 28.7 Å². The quantitative estimate of drug-likeness (QED) is 0.443. The lowest BCUT2D eigenvalue weighted by Gasteiger charge is -2.25. The predicted octanol–water partition coefficient (Wildman–Crippen LogP) is 4.00. The fourth-order valence-electron chi connectivity index (χ4n) is 4.29. The highest BCUT2D eigenvalue weighted by Gasteiger charge is 2.42. The fourth-order valence-corrected chi connectivity index (χ4v) is 4.29. The topological polar surface area (TPSA) is 79.6 Å². The second kappa shape index (κ2) is 8.74. The molecule has 0 bridgehead atoms. The summed E-state index contributed by atoms with van der Waals surface area (Å²) >= 11 is 0. The number of rotatable bonds is 7. The molecular weight excluding hydrogens is 416 g/mol. The molecule has 33 heavy (non-hydrogen) atoms. The van der Waals surface area contributed by atoms with Gasteiger partial charge in [0.1, 0.15) is 11.6 Å². The zero-order chi connectivity index (χ0) is 22.8. The molecule has 3 amide bonds. The van der Waals surface area contributed by atoms with Crippen molar-refractivity contribution in [2.45, 2.75) is 18.9 Å².